The highest BCUT2D eigenvalue weighted by atomic mass is 19.1. The molecule has 0 bridgehead atoms. The molecule has 4 rings (SSSR count). The molecule has 0 fully saturated rings. The molecular formula is C23H21F2N3. The zero-order valence-electron chi connectivity index (χ0n) is 15.9. The maximum atomic E-state index is 14.0. The average molecular weight is 377 g/mol. The molecule has 0 saturated heterocycles. The lowest BCUT2D eigenvalue weighted by Gasteiger charge is -2.12. The number of nitrogens with zero attached hydrogens (tertiary/aromatic N) is 3. The van der Waals surface area contributed by atoms with E-state index in [9.17, 15) is 8.78 Å². The first-order chi connectivity index (χ1) is 13.5. The largest absolute Gasteiger partial charge is 0.363 e. The fraction of sp³-hybridized carbons (Fsp3) is 0.217. The number of aromatic nitrogens is 1. The van der Waals surface area contributed by atoms with Gasteiger partial charge in [0.15, 0.2) is 0 Å². The lowest BCUT2D eigenvalue weighted by molar-refractivity contribution is 0.578. The number of hydrogen-bond donors (Lipinski definition) is 0. The smallest absolute Gasteiger partial charge is 0.135 e. The summed E-state index contributed by atoms with van der Waals surface area (Å²) in [5, 5.41) is 0. The SMILES string of the molecule is CN(C)c1ccc(-c2ccc(C3CCC(c4c(F)cccc4F)=N3)cc2)cn1. The lowest BCUT2D eigenvalue weighted by atomic mass is 10.00. The summed E-state index contributed by atoms with van der Waals surface area (Å²) in [5.41, 5.74) is 3.68. The molecule has 142 valence electrons. The number of rotatable bonds is 4. The van der Waals surface area contributed by atoms with Crippen molar-refractivity contribution in [2.75, 3.05) is 19.0 Å². The molecule has 1 aliphatic heterocycles. The van der Waals surface area contributed by atoms with Gasteiger partial charge in [0.2, 0.25) is 0 Å². The summed E-state index contributed by atoms with van der Waals surface area (Å²) in [7, 11) is 3.92. The maximum Gasteiger partial charge on any atom is 0.135 e. The Bertz CT molecular complexity index is 989. The fourth-order valence-corrected chi connectivity index (χ4v) is 3.51. The third kappa shape index (κ3) is 3.52. The van der Waals surface area contributed by atoms with Crippen molar-refractivity contribution in [1.82, 2.24) is 4.98 Å². The van der Waals surface area contributed by atoms with Gasteiger partial charge in [-0.1, -0.05) is 30.3 Å². The minimum absolute atomic E-state index is 0.00803. The van der Waals surface area contributed by atoms with Crippen molar-refractivity contribution < 1.29 is 8.78 Å². The van der Waals surface area contributed by atoms with Gasteiger partial charge in [0.1, 0.15) is 17.5 Å². The molecule has 0 spiro atoms. The number of halogens is 2. The van der Waals surface area contributed by atoms with Crippen molar-refractivity contribution in [2.24, 2.45) is 4.99 Å². The zero-order chi connectivity index (χ0) is 19.7. The van der Waals surface area contributed by atoms with Crippen LogP contribution in [0.1, 0.15) is 30.0 Å². The highest BCUT2D eigenvalue weighted by molar-refractivity contribution is 6.02. The van der Waals surface area contributed by atoms with Crippen LogP contribution in [0.2, 0.25) is 0 Å². The van der Waals surface area contributed by atoms with E-state index in [4.69, 9.17) is 0 Å². The standard InChI is InChI=1S/C23H21F2N3/c1-28(2)22-13-10-17(14-26-22)15-6-8-16(9-7-15)20-11-12-21(27-20)23-18(24)4-3-5-19(23)25/h3-10,13-14,20H,11-12H2,1-2H3. The molecule has 28 heavy (non-hydrogen) atoms. The van der Waals surface area contributed by atoms with Crippen molar-refractivity contribution in [1.29, 1.82) is 0 Å². The molecule has 5 heteroatoms. The minimum atomic E-state index is -0.552. The number of hydrogen-bond acceptors (Lipinski definition) is 3. The monoisotopic (exact) mass is 377 g/mol. The molecule has 0 amide bonds. The van der Waals surface area contributed by atoms with E-state index in [-0.39, 0.29) is 11.6 Å². The average Bonchev–Trinajstić information content (AvgIpc) is 3.18. The van der Waals surface area contributed by atoms with Crippen LogP contribution in [0, 0.1) is 11.6 Å². The summed E-state index contributed by atoms with van der Waals surface area (Å²) in [6.07, 6.45) is 3.18. The number of anilines is 1. The van der Waals surface area contributed by atoms with Crippen molar-refractivity contribution in [3.8, 4) is 11.1 Å². The maximum absolute atomic E-state index is 14.0. The summed E-state index contributed by atoms with van der Waals surface area (Å²) in [5.74, 6) is -0.194. The van der Waals surface area contributed by atoms with Gasteiger partial charge in [0.25, 0.3) is 0 Å². The van der Waals surface area contributed by atoms with Gasteiger partial charge in [-0.2, -0.15) is 0 Å². The first kappa shape index (κ1) is 18.3. The van der Waals surface area contributed by atoms with Gasteiger partial charge >= 0.3 is 0 Å². The molecule has 3 nitrogen and oxygen atoms in total. The molecule has 2 aromatic carbocycles. The molecule has 1 unspecified atom stereocenters. The molecular weight excluding hydrogens is 356 g/mol. The van der Waals surface area contributed by atoms with Gasteiger partial charge in [-0.25, -0.2) is 13.8 Å². The van der Waals surface area contributed by atoms with E-state index >= 15 is 0 Å². The van der Waals surface area contributed by atoms with Crippen LogP contribution >= 0.6 is 0 Å². The van der Waals surface area contributed by atoms with Gasteiger partial charge in [-0.3, -0.25) is 4.99 Å². The molecule has 2 heterocycles. The Morgan fingerprint density at radius 3 is 2.18 bits per heavy atom. The molecule has 0 aliphatic carbocycles. The lowest BCUT2D eigenvalue weighted by Crippen LogP contribution is -2.09. The fourth-order valence-electron chi connectivity index (χ4n) is 3.51. The molecule has 0 saturated carbocycles. The van der Waals surface area contributed by atoms with Gasteiger partial charge < -0.3 is 4.90 Å². The molecule has 1 aromatic heterocycles. The van der Waals surface area contributed by atoms with Crippen LogP contribution in [0.3, 0.4) is 0 Å². The third-order valence-corrected chi connectivity index (χ3v) is 5.05. The van der Waals surface area contributed by atoms with Gasteiger partial charge in [0, 0.05) is 31.6 Å². The van der Waals surface area contributed by atoms with E-state index in [2.05, 4.69) is 9.98 Å². The number of benzene rings is 2. The normalized spacial score (nSPS) is 16.1. The van der Waals surface area contributed by atoms with Crippen LogP contribution in [0.4, 0.5) is 14.6 Å². The van der Waals surface area contributed by atoms with Crippen LogP contribution in [0.15, 0.2) is 65.8 Å². The van der Waals surface area contributed by atoms with E-state index in [0.717, 1.165) is 28.9 Å². The van der Waals surface area contributed by atoms with E-state index in [1.54, 1.807) is 0 Å². The number of aliphatic imine (C=N–C) groups is 1. The van der Waals surface area contributed by atoms with Gasteiger partial charge in [-0.05, 0) is 48.2 Å². The summed E-state index contributed by atoms with van der Waals surface area (Å²) in [6.45, 7) is 0. The van der Waals surface area contributed by atoms with Crippen LogP contribution in [-0.2, 0) is 0 Å². The molecule has 1 aliphatic rings. The van der Waals surface area contributed by atoms with Crippen molar-refractivity contribution in [3.63, 3.8) is 0 Å². The number of pyridine rings is 1. The minimum Gasteiger partial charge on any atom is -0.363 e. The van der Waals surface area contributed by atoms with Crippen LogP contribution in [0.5, 0.6) is 0 Å². The third-order valence-electron chi connectivity index (χ3n) is 5.05. The second-order valence-corrected chi connectivity index (χ2v) is 7.15. The predicted octanol–water partition coefficient (Wildman–Crippen LogP) is 5.42. The predicted molar refractivity (Wildman–Crippen MR) is 109 cm³/mol. The van der Waals surface area contributed by atoms with Crippen molar-refractivity contribution in [3.05, 3.63) is 83.6 Å². The van der Waals surface area contributed by atoms with E-state index in [0.29, 0.717) is 12.1 Å². The van der Waals surface area contributed by atoms with Crippen LogP contribution < -0.4 is 4.90 Å². The Labute approximate surface area is 163 Å². The second kappa shape index (κ2) is 7.50. The van der Waals surface area contributed by atoms with Crippen LogP contribution in [0.25, 0.3) is 11.1 Å². The summed E-state index contributed by atoms with van der Waals surface area (Å²) < 4.78 is 28.0. The zero-order valence-corrected chi connectivity index (χ0v) is 15.9. The summed E-state index contributed by atoms with van der Waals surface area (Å²) in [4.78, 5) is 11.0. The highest BCUT2D eigenvalue weighted by Crippen LogP contribution is 2.33. The second-order valence-electron chi connectivity index (χ2n) is 7.15. The van der Waals surface area contributed by atoms with Gasteiger partial charge in [0.05, 0.1) is 11.6 Å². The molecule has 0 N–H and O–H groups in total. The van der Waals surface area contributed by atoms with Crippen molar-refractivity contribution >= 4 is 11.5 Å². The van der Waals surface area contributed by atoms with E-state index in [1.807, 2.05) is 61.6 Å². The first-order valence-electron chi connectivity index (χ1n) is 9.27. The Morgan fingerprint density at radius 2 is 1.57 bits per heavy atom. The topological polar surface area (TPSA) is 28.5 Å². The molecule has 1 atom stereocenters. The first-order valence-corrected chi connectivity index (χ1v) is 9.27. The van der Waals surface area contributed by atoms with E-state index < -0.39 is 11.6 Å². The van der Waals surface area contributed by atoms with Gasteiger partial charge in [-0.15, -0.1) is 0 Å². The summed E-state index contributed by atoms with van der Waals surface area (Å²) >= 11 is 0. The Morgan fingerprint density at radius 1 is 0.893 bits per heavy atom. The van der Waals surface area contributed by atoms with Crippen LogP contribution in [-0.4, -0.2) is 24.8 Å². The molecule has 0 radical (unpaired) electrons. The quantitative estimate of drug-likeness (QED) is 0.608. The Hall–Kier alpha value is -3.08. The Kier molecular flexibility index (Phi) is 4.90. The Balaban J connectivity index is 1.55. The van der Waals surface area contributed by atoms with Crippen molar-refractivity contribution in [2.45, 2.75) is 18.9 Å². The summed E-state index contributed by atoms with van der Waals surface area (Å²) in [6, 6.07) is 16.0. The van der Waals surface area contributed by atoms with E-state index in [1.165, 1.54) is 18.2 Å². The highest BCUT2D eigenvalue weighted by Gasteiger charge is 2.24. The molecule has 3 aromatic rings.